The molecule has 0 amide bonds. The molecule has 1 aromatic carbocycles. The maximum atomic E-state index is 9.79. The van der Waals surface area contributed by atoms with Crippen LogP contribution in [0.3, 0.4) is 0 Å². The van der Waals surface area contributed by atoms with Gasteiger partial charge in [0, 0.05) is 18.7 Å². The van der Waals surface area contributed by atoms with Crippen LogP contribution in [0.15, 0.2) is 12.1 Å². The molecule has 1 fully saturated rings. The molecule has 1 aliphatic rings. The van der Waals surface area contributed by atoms with Crippen LogP contribution in [0.4, 0.5) is 0 Å². The number of phenolic OH excluding ortho intramolecular Hbond substituents is 1. The van der Waals surface area contributed by atoms with Crippen molar-refractivity contribution in [1.29, 1.82) is 0 Å². The third-order valence-electron chi connectivity index (χ3n) is 2.87. The fraction of sp³-hybridized carbons (Fsp3) is 0.500. The number of methoxy groups -OCH3 is 1. The van der Waals surface area contributed by atoms with Crippen LogP contribution in [-0.2, 0) is 4.74 Å². The Morgan fingerprint density at radius 2 is 2.31 bits per heavy atom. The van der Waals surface area contributed by atoms with Crippen molar-refractivity contribution >= 4 is 0 Å². The summed E-state index contributed by atoms with van der Waals surface area (Å²) in [6.45, 7) is 4.18. The van der Waals surface area contributed by atoms with Crippen molar-refractivity contribution in [2.24, 2.45) is 0 Å². The van der Waals surface area contributed by atoms with Crippen LogP contribution in [0.1, 0.15) is 17.2 Å². The molecule has 1 unspecified atom stereocenters. The number of rotatable bonds is 2. The number of ether oxygens (including phenoxy) is 2. The van der Waals surface area contributed by atoms with Crippen LogP contribution in [0.25, 0.3) is 0 Å². The Labute approximate surface area is 95.2 Å². The summed E-state index contributed by atoms with van der Waals surface area (Å²) in [5, 5.41) is 13.0. The normalized spacial score (nSPS) is 20.8. The van der Waals surface area contributed by atoms with Crippen molar-refractivity contribution in [3.05, 3.63) is 23.3 Å². The lowest BCUT2D eigenvalue weighted by Gasteiger charge is -2.24. The number of hydrogen-bond donors (Lipinski definition) is 2. The number of hydrogen-bond acceptors (Lipinski definition) is 4. The molecule has 1 heterocycles. The van der Waals surface area contributed by atoms with E-state index in [1.807, 2.05) is 13.0 Å². The fourth-order valence-electron chi connectivity index (χ4n) is 1.87. The first-order valence-electron chi connectivity index (χ1n) is 5.42. The molecule has 0 bridgehead atoms. The van der Waals surface area contributed by atoms with Crippen molar-refractivity contribution in [2.45, 2.75) is 13.0 Å². The highest BCUT2D eigenvalue weighted by Crippen LogP contribution is 2.32. The minimum absolute atomic E-state index is 0.00542. The summed E-state index contributed by atoms with van der Waals surface area (Å²) in [5.74, 6) is 0.952. The molecule has 0 radical (unpaired) electrons. The van der Waals surface area contributed by atoms with E-state index in [-0.39, 0.29) is 11.9 Å². The first kappa shape index (κ1) is 11.2. The van der Waals surface area contributed by atoms with Gasteiger partial charge in [-0.05, 0) is 24.6 Å². The molecular formula is C12H17NO3. The summed E-state index contributed by atoms with van der Waals surface area (Å²) in [6.07, 6.45) is -0.00542. The number of benzene rings is 1. The lowest BCUT2D eigenvalue weighted by Crippen LogP contribution is -2.33. The largest absolute Gasteiger partial charge is 0.508 e. The zero-order chi connectivity index (χ0) is 11.5. The van der Waals surface area contributed by atoms with Crippen LogP contribution < -0.4 is 10.1 Å². The summed E-state index contributed by atoms with van der Waals surface area (Å²) in [4.78, 5) is 0. The zero-order valence-electron chi connectivity index (χ0n) is 9.62. The van der Waals surface area contributed by atoms with Gasteiger partial charge in [-0.15, -0.1) is 0 Å². The lowest BCUT2D eigenvalue weighted by atomic mass is 10.0. The van der Waals surface area contributed by atoms with E-state index in [2.05, 4.69) is 5.32 Å². The van der Waals surface area contributed by atoms with Crippen LogP contribution in [0, 0.1) is 6.92 Å². The van der Waals surface area contributed by atoms with E-state index in [0.29, 0.717) is 12.4 Å². The van der Waals surface area contributed by atoms with Gasteiger partial charge in [0.15, 0.2) is 0 Å². The summed E-state index contributed by atoms with van der Waals surface area (Å²) < 4.78 is 10.9. The van der Waals surface area contributed by atoms with Crippen molar-refractivity contribution in [1.82, 2.24) is 5.32 Å². The second kappa shape index (κ2) is 4.72. The molecule has 4 nitrogen and oxygen atoms in total. The van der Waals surface area contributed by atoms with Gasteiger partial charge in [-0.25, -0.2) is 0 Å². The van der Waals surface area contributed by atoms with Gasteiger partial charge >= 0.3 is 0 Å². The topological polar surface area (TPSA) is 50.7 Å². The highest BCUT2D eigenvalue weighted by molar-refractivity contribution is 5.47. The van der Waals surface area contributed by atoms with Gasteiger partial charge < -0.3 is 19.9 Å². The van der Waals surface area contributed by atoms with E-state index in [4.69, 9.17) is 9.47 Å². The highest BCUT2D eigenvalue weighted by atomic mass is 16.5. The summed E-state index contributed by atoms with van der Waals surface area (Å²) in [7, 11) is 1.60. The molecular weight excluding hydrogens is 206 g/mol. The van der Waals surface area contributed by atoms with Gasteiger partial charge in [-0.1, -0.05) is 0 Å². The maximum Gasteiger partial charge on any atom is 0.125 e. The maximum absolute atomic E-state index is 9.79. The highest BCUT2D eigenvalue weighted by Gasteiger charge is 2.18. The lowest BCUT2D eigenvalue weighted by molar-refractivity contribution is 0.0274. The summed E-state index contributed by atoms with van der Waals surface area (Å²) in [5.41, 5.74) is 1.71. The Hall–Kier alpha value is -1.26. The molecule has 16 heavy (non-hydrogen) atoms. The second-order valence-electron chi connectivity index (χ2n) is 3.93. The molecule has 1 saturated heterocycles. The van der Waals surface area contributed by atoms with Crippen LogP contribution in [0.5, 0.6) is 11.5 Å². The van der Waals surface area contributed by atoms with Crippen LogP contribution in [0.2, 0.25) is 0 Å². The van der Waals surface area contributed by atoms with Gasteiger partial charge in [-0.2, -0.15) is 0 Å². The number of morpholine rings is 1. The first-order valence-corrected chi connectivity index (χ1v) is 5.42. The number of nitrogens with one attached hydrogen (secondary N) is 1. The van der Waals surface area contributed by atoms with E-state index in [0.717, 1.165) is 24.2 Å². The van der Waals surface area contributed by atoms with Gasteiger partial charge in [0.1, 0.15) is 11.5 Å². The van der Waals surface area contributed by atoms with Crippen molar-refractivity contribution < 1.29 is 14.6 Å². The first-order chi connectivity index (χ1) is 7.72. The SMILES string of the molecule is COc1cc(C2CNCCO2)cc(O)c1C. The van der Waals surface area contributed by atoms with E-state index in [9.17, 15) is 5.11 Å². The molecule has 0 aliphatic carbocycles. The third-order valence-corrected chi connectivity index (χ3v) is 2.87. The molecule has 4 heteroatoms. The van der Waals surface area contributed by atoms with Crippen molar-refractivity contribution in [3.63, 3.8) is 0 Å². The predicted molar refractivity (Wildman–Crippen MR) is 61.0 cm³/mol. The molecule has 1 aromatic rings. The van der Waals surface area contributed by atoms with Crippen molar-refractivity contribution in [2.75, 3.05) is 26.8 Å². The Balaban J connectivity index is 2.29. The van der Waals surface area contributed by atoms with E-state index >= 15 is 0 Å². The van der Waals surface area contributed by atoms with E-state index < -0.39 is 0 Å². The molecule has 88 valence electrons. The van der Waals surface area contributed by atoms with Crippen LogP contribution >= 0.6 is 0 Å². The minimum Gasteiger partial charge on any atom is -0.508 e. The Morgan fingerprint density at radius 1 is 1.50 bits per heavy atom. The monoisotopic (exact) mass is 223 g/mol. The average molecular weight is 223 g/mol. The Bertz CT molecular complexity index is 373. The fourth-order valence-corrected chi connectivity index (χ4v) is 1.87. The van der Waals surface area contributed by atoms with Gasteiger partial charge in [-0.3, -0.25) is 0 Å². The molecule has 2 N–H and O–H groups in total. The van der Waals surface area contributed by atoms with E-state index in [1.165, 1.54) is 0 Å². The molecule has 2 rings (SSSR count). The summed E-state index contributed by atoms with van der Waals surface area (Å²) >= 11 is 0. The molecule has 0 saturated carbocycles. The smallest absolute Gasteiger partial charge is 0.125 e. The minimum atomic E-state index is -0.00542. The summed E-state index contributed by atoms with van der Waals surface area (Å²) in [6, 6.07) is 3.67. The van der Waals surface area contributed by atoms with Gasteiger partial charge in [0.05, 0.1) is 19.8 Å². The molecule has 0 spiro atoms. The van der Waals surface area contributed by atoms with E-state index in [1.54, 1.807) is 13.2 Å². The average Bonchev–Trinajstić information content (AvgIpc) is 2.33. The predicted octanol–water partition coefficient (Wildman–Crippen LogP) is 1.37. The molecule has 0 aromatic heterocycles. The molecule has 1 aliphatic heterocycles. The second-order valence-corrected chi connectivity index (χ2v) is 3.93. The van der Waals surface area contributed by atoms with Crippen LogP contribution in [-0.4, -0.2) is 31.9 Å². The Kier molecular flexibility index (Phi) is 3.31. The Morgan fingerprint density at radius 3 is 2.94 bits per heavy atom. The third kappa shape index (κ3) is 2.13. The standard InChI is InChI=1S/C12H17NO3/c1-8-10(14)5-9(6-11(8)15-2)12-7-13-3-4-16-12/h5-6,12-14H,3-4,7H2,1-2H3. The number of phenols is 1. The van der Waals surface area contributed by atoms with Gasteiger partial charge in [0.2, 0.25) is 0 Å². The van der Waals surface area contributed by atoms with Crippen molar-refractivity contribution in [3.8, 4) is 11.5 Å². The number of aromatic hydroxyl groups is 1. The van der Waals surface area contributed by atoms with Gasteiger partial charge in [0.25, 0.3) is 0 Å². The molecule has 1 atom stereocenters. The quantitative estimate of drug-likeness (QED) is 0.795. The zero-order valence-corrected chi connectivity index (χ0v) is 9.62.